The monoisotopic (exact) mass is 177 g/mol. The molecular formula is C11H15NO. The number of rotatable bonds is 2. The number of nitrogens with one attached hydrogen (secondary N) is 1. The van der Waals surface area contributed by atoms with E-state index in [-0.39, 0.29) is 0 Å². The molecule has 0 radical (unpaired) electrons. The van der Waals surface area contributed by atoms with Crippen LogP contribution in [-0.4, -0.2) is 13.7 Å². The van der Waals surface area contributed by atoms with Crippen LogP contribution < -0.4 is 10.1 Å². The van der Waals surface area contributed by atoms with Gasteiger partial charge in [0.2, 0.25) is 0 Å². The van der Waals surface area contributed by atoms with Gasteiger partial charge in [-0.1, -0.05) is 6.92 Å². The van der Waals surface area contributed by atoms with Gasteiger partial charge < -0.3 is 10.1 Å². The third-order valence-electron chi connectivity index (χ3n) is 2.73. The van der Waals surface area contributed by atoms with E-state index in [1.807, 2.05) is 6.07 Å². The average molecular weight is 177 g/mol. The average Bonchev–Trinajstić information content (AvgIpc) is 2.59. The third kappa shape index (κ3) is 1.37. The predicted molar refractivity (Wildman–Crippen MR) is 54.5 cm³/mol. The highest BCUT2D eigenvalue weighted by Crippen LogP contribution is 2.35. The molecule has 1 N–H and O–H groups in total. The number of ether oxygens (including phenoxy) is 1. The number of hydrogen-bond donors (Lipinski definition) is 1. The van der Waals surface area contributed by atoms with Gasteiger partial charge in [-0.3, -0.25) is 0 Å². The van der Waals surface area contributed by atoms with Crippen molar-refractivity contribution in [2.75, 3.05) is 19.0 Å². The van der Waals surface area contributed by atoms with Crippen molar-refractivity contribution in [3.8, 4) is 5.75 Å². The van der Waals surface area contributed by atoms with Gasteiger partial charge >= 0.3 is 0 Å². The van der Waals surface area contributed by atoms with Crippen LogP contribution in [0, 0.1) is 0 Å². The van der Waals surface area contributed by atoms with E-state index in [2.05, 4.69) is 24.4 Å². The highest BCUT2D eigenvalue weighted by Gasteiger charge is 2.20. The molecule has 1 aliphatic rings. The van der Waals surface area contributed by atoms with Crippen LogP contribution in [0.15, 0.2) is 18.2 Å². The Bertz CT molecular complexity index is 309. The van der Waals surface area contributed by atoms with E-state index in [0.29, 0.717) is 5.92 Å². The smallest absolute Gasteiger partial charge is 0.119 e. The van der Waals surface area contributed by atoms with Gasteiger partial charge in [-0.15, -0.1) is 0 Å². The number of methoxy groups -OCH3 is 1. The van der Waals surface area contributed by atoms with Crippen molar-refractivity contribution in [3.05, 3.63) is 23.8 Å². The van der Waals surface area contributed by atoms with Crippen LogP contribution in [0.5, 0.6) is 5.75 Å². The Morgan fingerprint density at radius 3 is 3.08 bits per heavy atom. The molecule has 1 aromatic rings. The molecule has 0 saturated carbocycles. The second-order valence-electron chi connectivity index (χ2n) is 3.44. The van der Waals surface area contributed by atoms with Crippen molar-refractivity contribution in [1.29, 1.82) is 0 Å². The van der Waals surface area contributed by atoms with Crippen molar-refractivity contribution in [2.24, 2.45) is 0 Å². The van der Waals surface area contributed by atoms with Gasteiger partial charge in [0.15, 0.2) is 0 Å². The lowest BCUT2D eigenvalue weighted by molar-refractivity contribution is 0.414. The maximum Gasteiger partial charge on any atom is 0.119 e. The summed E-state index contributed by atoms with van der Waals surface area (Å²) in [5.41, 5.74) is 2.68. The maximum absolute atomic E-state index is 5.20. The minimum atomic E-state index is 0.657. The molecule has 0 spiro atoms. The summed E-state index contributed by atoms with van der Waals surface area (Å²) in [4.78, 5) is 0. The van der Waals surface area contributed by atoms with Crippen LogP contribution in [-0.2, 0) is 0 Å². The summed E-state index contributed by atoms with van der Waals surface area (Å²) in [7, 11) is 1.71. The van der Waals surface area contributed by atoms with Gasteiger partial charge in [0.05, 0.1) is 7.11 Å². The van der Waals surface area contributed by atoms with Crippen molar-refractivity contribution in [3.63, 3.8) is 0 Å². The summed E-state index contributed by atoms with van der Waals surface area (Å²) in [5.74, 6) is 1.62. The summed E-state index contributed by atoms with van der Waals surface area (Å²) in [6, 6.07) is 6.25. The van der Waals surface area contributed by atoms with Gasteiger partial charge in [0.1, 0.15) is 5.75 Å². The molecule has 1 unspecified atom stereocenters. The standard InChI is InChI=1S/C11H15NO/c1-3-8-7-12-11-5-4-9(13-2)6-10(8)11/h4-6,8,12H,3,7H2,1-2H3. The third-order valence-corrected chi connectivity index (χ3v) is 2.73. The first-order valence-corrected chi connectivity index (χ1v) is 4.77. The lowest BCUT2D eigenvalue weighted by Gasteiger charge is -2.07. The van der Waals surface area contributed by atoms with E-state index in [1.165, 1.54) is 17.7 Å². The van der Waals surface area contributed by atoms with Crippen LogP contribution in [0.25, 0.3) is 0 Å². The topological polar surface area (TPSA) is 21.3 Å². The zero-order chi connectivity index (χ0) is 9.26. The molecule has 0 aliphatic carbocycles. The Morgan fingerprint density at radius 2 is 2.38 bits per heavy atom. The molecule has 0 saturated heterocycles. The Hall–Kier alpha value is -1.18. The van der Waals surface area contributed by atoms with Gasteiger partial charge in [-0.25, -0.2) is 0 Å². The molecule has 70 valence electrons. The van der Waals surface area contributed by atoms with Crippen LogP contribution >= 0.6 is 0 Å². The van der Waals surface area contributed by atoms with E-state index < -0.39 is 0 Å². The lowest BCUT2D eigenvalue weighted by atomic mass is 9.99. The Balaban J connectivity index is 2.37. The Kier molecular flexibility index (Phi) is 2.13. The van der Waals surface area contributed by atoms with Crippen LogP contribution in [0.2, 0.25) is 0 Å². The minimum Gasteiger partial charge on any atom is -0.497 e. The first-order valence-electron chi connectivity index (χ1n) is 4.77. The Morgan fingerprint density at radius 1 is 1.54 bits per heavy atom. The molecule has 0 bridgehead atoms. The largest absolute Gasteiger partial charge is 0.497 e. The molecule has 2 rings (SSSR count). The van der Waals surface area contributed by atoms with Gasteiger partial charge in [-0.05, 0) is 30.2 Å². The normalized spacial score (nSPS) is 19.4. The zero-order valence-electron chi connectivity index (χ0n) is 8.13. The molecule has 0 amide bonds. The van der Waals surface area contributed by atoms with Crippen molar-refractivity contribution >= 4 is 5.69 Å². The van der Waals surface area contributed by atoms with Crippen LogP contribution in [0.4, 0.5) is 5.69 Å². The van der Waals surface area contributed by atoms with Gasteiger partial charge in [0.25, 0.3) is 0 Å². The molecule has 1 atom stereocenters. The van der Waals surface area contributed by atoms with Crippen molar-refractivity contribution < 1.29 is 4.74 Å². The summed E-state index contributed by atoms with van der Waals surface area (Å²) >= 11 is 0. The van der Waals surface area contributed by atoms with E-state index in [9.17, 15) is 0 Å². The molecule has 0 fully saturated rings. The molecule has 1 aromatic carbocycles. The highest BCUT2D eigenvalue weighted by molar-refractivity contribution is 5.60. The summed E-state index contributed by atoms with van der Waals surface area (Å²) in [5, 5.41) is 3.40. The fraction of sp³-hybridized carbons (Fsp3) is 0.455. The quantitative estimate of drug-likeness (QED) is 0.749. The maximum atomic E-state index is 5.20. The van der Waals surface area contributed by atoms with E-state index in [0.717, 1.165) is 12.3 Å². The minimum absolute atomic E-state index is 0.657. The fourth-order valence-electron chi connectivity index (χ4n) is 1.87. The molecule has 2 heteroatoms. The number of fused-ring (bicyclic) bond motifs is 1. The highest BCUT2D eigenvalue weighted by atomic mass is 16.5. The zero-order valence-corrected chi connectivity index (χ0v) is 8.13. The van der Waals surface area contributed by atoms with Crippen molar-refractivity contribution in [1.82, 2.24) is 0 Å². The SMILES string of the molecule is CCC1CNc2ccc(OC)cc21. The van der Waals surface area contributed by atoms with Gasteiger partial charge in [0, 0.05) is 18.2 Å². The van der Waals surface area contributed by atoms with Crippen LogP contribution in [0.3, 0.4) is 0 Å². The lowest BCUT2D eigenvalue weighted by Crippen LogP contribution is -1.99. The molecule has 0 aromatic heterocycles. The summed E-state index contributed by atoms with van der Waals surface area (Å²) in [6.45, 7) is 3.29. The first kappa shape index (κ1) is 8.42. The number of hydrogen-bond acceptors (Lipinski definition) is 2. The van der Waals surface area contributed by atoms with Crippen molar-refractivity contribution in [2.45, 2.75) is 19.3 Å². The first-order chi connectivity index (χ1) is 6.35. The molecule has 2 nitrogen and oxygen atoms in total. The molecular weight excluding hydrogens is 162 g/mol. The molecule has 1 aliphatic heterocycles. The van der Waals surface area contributed by atoms with E-state index in [1.54, 1.807) is 7.11 Å². The van der Waals surface area contributed by atoms with Crippen LogP contribution in [0.1, 0.15) is 24.8 Å². The second kappa shape index (κ2) is 3.29. The molecule has 1 heterocycles. The Labute approximate surface area is 78.9 Å². The number of benzene rings is 1. The second-order valence-corrected chi connectivity index (χ2v) is 3.44. The van der Waals surface area contributed by atoms with Gasteiger partial charge in [-0.2, -0.15) is 0 Å². The summed E-state index contributed by atoms with van der Waals surface area (Å²) in [6.07, 6.45) is 1.19. The molecule has 13 heavy (non-hydrogen) atoms. The van der Waals surface area contributed by atoms with E-state index in [4.69, 9.17) is 4.74 Å². The predicted octanol–water partition coefficient (Wildman–Crippen LogP) is 2.61. The summed E-state index contributed by atoms with van der Waals surface area (Å²) < 4.78 is 5.20. The fourth-order valence-corrected chi connectivity index (χ4v) is 1.87. The number of anilines is 1. The van der Waals surface area contributed by atoms with E-state index >= 15 is 0 Å².